The normalized spacial score (nSPS) is 22.8. The Labute approximate surface area is 105 Å². The third-order valence-electron chi connectivity index (χ3n) is 2.42. The lowest BCUT2D eigenvalue weighted by Crippen LogP contribution is -2.34. The zero-order valence-electron chi connectivity index (χ0n) is 10.5. The van der Waals surface area contributed by atoms with E-state index in [-0.39, 0.29) is 5.41 Å². The van der Waals surface area contributed by atoms with Crippen LogP contribution in [0, 0.1) is 5.41 Å². The molecule has 0 radical (unpaired) electrons. The van der Waals surface area contributed by atoms with Crippen LogP contribution in [-0.4, -0.2) is 23.5 Å². The van der Waals surface area contributed by atoms with E-state index in [1.165, 1.54) is 0 Å². The van der Waals surface area contributed by atoms with Crippen LogP contribution >= 0.6 is 0 Å². The van der Waals surface area contributed by atoms with Crippen LogP contribution in [0.3, 0.4) is 0 Å². The molecular formula is C10H18N6O2. The molecule has 1 aliphatic carbocycles. The molecule has 8 nitrogen and oxygen atoms in total. The molecule has 0 heterocycles. The molecule has 0 aromatic carbocycles. The van der Waals surface area contributed by atoms with Crippen LogP contribution in [0.1, 0.15) is 33.1 Å². The highest BCUT2D eigenvalue weighted by Gasteiger charge is 2.29. The van der Waals surface area contributed by atoms with Crippen molar-refractivity contribution < 1.29 is 9.59 Å². The number of nitrogens with zero attached hydrogens (tertiary/aromatic N) is 2. The number of hydrazone groups is 2. The fraction of sp³-hybridized carbons (Fsp3) is 0.600. The van der Waals surface area contributed by atoms with E-state index in [0.29, 0.717) is 6.42 Å². The molecule has 1 fully saturated rings. The van der Waals surface area contributed by atoms with Crippen LogP contribution in [0.4, 0.5) is 9.59 Å². The monoisotopic (exact) mass is 254 g/mol. The third-order valence-corrected chi connectivity index (χ3v) is 2.42. The van der Waals surface area contributed by atoms with Gasteiger partial charge >= 0.3 is 12.1 Å². The van der Waals surface area contributed by atoms with E-state index in [1.807, 2.05) is 13.8 Å². The molecule has 8 heteroatoms. The van der Waals surface area contributed by atoms with Crippen molar-refractivity contribution in [3.05, 3.63) is 0 Å². The van der Waals surface area contributed by atoms with E-state index < -0.39 is 12.1 Å². The average Bonchev–Trinajstić information content (AvgIpc) is 2.21. The van der Waals surface area contributed by atoms with Crippen molar-refractivity contribution in [3.63, 3.8) is 0 Å². The topological polar surface area (TPSA) is 135 Å². The summed E-state index contributed by atoms with van der Waals surface area (Å²) in [5.41, 5.74) is 15.8. The summed E-state index contributed by atoms with van der Waals surface area (Å²) in [7, 11) is 0. The zero-order chi connectivity index (χ0) is 13.8. The van der Waals surface area contributed by atoms with Gasteiger partial charge in [-0.25, -0.2) is 20.4 Å². The molecule has 0 aromatic rings. The highest BCUT2D eigenvalue weighted by atomic mass is 16.2. The minimum Gasteiger partial charge on any atom is -0.350 e. The molecule has 4 amide bonds. The van der Waals surface area contributed by atoms with Gasteiger partial charge in [0.25, 0.3) is 0 Å². The van der Waals surface area contributed by atoms with Crippen molar-refractivity contribution in [1.29, 1.82) is 0 Å². The van der Waals surface area contributed by atoms with Crippen molar-refractivity contribution in [2.75, 3.05) is 0 Å². The van der Waals surface area contributed by atoms with Crippen LogP contribution in [-0.2, 0) is 0 Å². The van der Waals surface area contributed by atoms with Crippen LogP contribution in [0.25, 0.3) is 0 Å². The van der Waals surface area contributed by atoms with Gasteiger partial charge < -0.3 is 11.5 Å². The summed E-state index contributed by atoms with van der Waals surface area (Å²) in [6.45, 7) is 4.09. The van der Waals surface area contributed by atoms with Gasteiger partial charge in [0.05, 0.1) is 0 Å². The number of rotatable bonds is 2. The highest BCUT2D eigenvalue weighted by molar-refractivity contribution is 6.07. The van der Waals surface area contributed by atoms with E-state index >= 15 is 0 Å². The molecule has 0 aromatic heterocycles. The van der Waals surface area contributed by atoms with Gasteiger partial charge in [0, 0.05) is 17.8 Å². The van der Waals surface area contributed by atoms with Gasteiger partial charge in [0.2, 0.25) is 0 Å². The number of nitrogens with one attached hydrogen (secondary N) is 2. The van der Waals surface area contributed by atoms with E-state index in [9.17, 15) is 9.59 Å². The second-order valence-electron chi connectivity index (χ2n) is 5.00. The molecule has 0 aliphatic heterocycles. The number of nitrogens with two attached hydrogens (primary N) is 2. The standard InChI is InChI=1S/C10H18N6O2/c1-10(2)4-6(13-15-8(11)17)3-7(5-10)14-16-9(12)18/h3-5H2,1-2H3,(H3,11,15,17)(H3,12,16,18)/b13-6+,14-7+. The number of hydrogen-bond donors (Lipinski definition) is 4. The van der Waals surface area contributed by atoms with Crippen LogP contribution in [0.2, 0.25) is 0 Å². The first-order chi connectivity index (χ1) is 8.28. The number of hydrogen-bond acceptors (Lipinski definition) is 4. The van der Waals surface area contributed by atoms with Gasteiger partial charge in [0.15, 0.2) is 0 Å². The molecule has 0 bridgehead atoms. The first-order valence-electron chi connectivity index (χ1n) is 5.50. The predicted molar refractivity (Wildman–Crippen MR) is 67.9 cm³/mol. The summed E-state index contributed by atoms with van der Waals surface area (Å²) in [5.74, 6) is 0. The van der Waals surface area contributed by atoms with E-state index in [0.717, 1.165) is 24.3 Å². The van der Waals surface area contributed by atoms with Gasteiger partial charge in [-0.3, -0.25) is 0 Å². The van der Waals surface area contributed by atoms with Crippen LogP contribution in [0.15, 0.2) is 10.2 Å². The minimum atomic E-state index is -0.709. The van der Waals surface area contributed by atoms with Gasteiger partial charge in [0.1, 0.15) is 0 Å². The number of amides is 4. The Morgan fingerprint density at radius 2 is 1.44 bits per heavy atom. The molecular weight excluding hydrogens is 236 g/mol. The summed E-state index contributed by atoms with van der Waals surface area (Å²) in [4.78, 5) is 21.2. The van der Waals surface area contributed by atoms with E-state index in [2.05, 4.69) is 21.1 Å². The lowest BCUT2D eigenvalue weighted by Gasteiger charge is -2.31. The fourth-order valence-corrected chi connectivity index (χ4v) is 1.95. The van der Waals surface area contributed by atoms with Gasteiger partial charge in [-0.2, -0.15) is 10.2 Å². The molecule has 100 valence electrons. The highest BCUT2D eigenvalue weighted by Crippen LogP contribution is 2.32. The van der Waals surface area contributed by atoms with Crippen molar-refractivity contribution in [3.8, 4) is 0 Å². The molecule has 0 atom stereocenters. The Bertz CT molecular complexity index is 377. The molecule has 1 rings (SSSR count). The SMILES string of the molecule is CC1(C)C/C(=N/NC(N)=O)C/C(=N\NC(N)=O)C1. The largest absolute Gasteiger partial charge is 0.350 e. The lowest BCUT2D eigenvalue weighted by atomic mass is 9.75. The Kier molecular flexibility index (Phi) is 4.24. The van der Waals surface area contributed by atoms with E-state index in [4.69, 9.17) is 11.5 Å². The molecule has 0 spiro atoms. The smallest absolute Gasteiger partial charge is 0.332 e. The van der Waals surface area contributed by atoms with E-state index in [1.54, 1.807) is 0 Å². The maximum Gasteiger partial charge on any atom is 0.332 e. The fourth-order valence-electron chi connectivity index (χ4n) is 1.95. The van der Waals surface area contributed by atoms with Crippen LogP contribution in [0.5, 0.6) is 0 Å². The summed E-state index contributed by atoms with van der Waals surface area (Å²) < 4.78 is 0. The molecule has 0 unspecified atom stereocenters. The van der Waals surface area contributed by atoms with Crippen molar-refractivity contribution in [2.45, 2.75) is 33.1 Å². The molecule has 0 saturated heterocycles. The number of carbonyl (C=O) groups excluding carboxylic acids is 2. The lowest BCUT2D eigenvalue weighted by molar-refractivity contribution is 0.248. The zero-order valence-corrected chi connectivity index (χ0v) is 10.5. The third kappa shape index (κ3) is 4.81. The van der Waals surface area contributed by atoms with Gasteiger partial charge in [-0.1, -0.05) is 13.8 Å². The Morgan fingerprint density at radius 1 is 1.06 bits per heavy atom. The Morgan fingerprint density at radius 3 is 1.78 bits per heavy atom. The maximum absolute atomic E-state index is 10.6. The summed E-state index contributed by atoms with van der Waals surface area (Å²) in [5, 5.41) is 7.85. The summed E-state index contributed by atoms with van der Waals surface area (Å²) in [6, 6.07) is -1.42. The maximum atomic E-state index is 10.6. The first kappa shape index (κ1) is 13.9. The number of urea groups is 2. The molecule has 18 heavy (non-hydrogen) atoms. The second kappa shape index (κ2) is 5.48. The predicted octanol–water partition coefficient (Wildman–Crippen LogP) is 0.245. The first-order valence-corrected chi connectivity index (χ1v) is 5.50. The van der Waals surface area contributed by atoms with Crippen LogP contribution < -0.4 is 22.3 Å². The van der Waals surface area contributed by atoms with Crippen molar-refractivity contribution in [1.82, 2.24) is 10.9 Å². The molecule has 1 saturated carbocycles. The summed E-state index contributed by atoms with van der Waals surface area (Å²) in [6.07, 6.45) is 1.93. The molecule has 6 N–H and O–H groups in total. The second-order valence-corrected chi connectivity index (χ2v) is 5.00. The quantitative estimate of drug-likeness (QED) is 0.525. The van der Waals surface area contributed by atoms with Gasteiger partial charge in [-0.05, 0) is 18.3 Å². The van der Waals surface area contributed by atoms with Crippen molar-refractivity contribution >= 4 is 23.5 Å². The number of carbonyl (C=O) groups is 2. The van der Waals surface area contributed by atoms with Gasteiger partial charge in [-0.15, -0.1) is 0 Å². The average molecular weight is 254 g/mol. The minimum absolute atomic E-state index is 0.0471. The Hall–Kier alpha value is -2.12. The van der Waals surface area contributed by atoms with Crippen molar-refractivity contribution in [2.24, 2.45) is 27.1 Å². The number of primary amides is 2. The molecule has 1 aliphatic rings. The Balaban J connectivity index is 2.78. The summed E-state index contributed by atoms with van der Waals surface area (Å²) >= 11 is 0.